The first-order chi connectivity index (χ1) is 16.4. The number of aryl methyl sites for hydroxylation is 7. The topological polar surface area (TPSA) is 38.7 Å². The van der Waals surface area contributed by atoms with E-state index in [1.54, 1.807) is 19.9 Å². The van der Waals surface area contributed by atoms with Crippen molar-refractivity contribution in [1.29, 1.82) is 0 Å². The first-order valence-corrected chi connectivity index (χ1v) is 11.2. The van der Waals surface area contributed by atoms with Gasteiger partial charge in [0.05, 0.1) is 0 Å². The Kier molecular flexibility index (Phi) is 12.4. The smallest absolute Gasteiger partial charge is 0.129 e. The van der Waals surface area contributed by atoms with Crippen LogP contribution in [0.2, 0.25) is 0 Å². The van der Waals surface area contributed by atoms with Gasteiger partial charge in [-0.1, -0.05) is 18.2 Å². The molecule has 0 aliphatic heterocycles. The van der Waals surface area contributed by atoms with Crippen LogP contribution >= 0.6 is 0 Å². The minimum atomic E-state index is -0.475. The first-order valence-electron chi connectivity index (χ1n) is 11.2. The van der Waals surface area contributed by atoms with E-state index >= 15 is 0 Å². The second-order valence-corrected chi connectivity index (χ2v) is 8.39. The molecule has 186 valence electrons. The predicted octanol–water partition coefficient (Wildman–Crippen LogP) is 7.82. The second-order valence-electron chi connectivity index (χ2n) is 8.39. The highest BCUT2D eigenvalue weighted by molar-refractivity contribution is 5.24. The summed E-state index contributed by atoms with van der Waals surface area (Å²) in [5.74, 6) is -0.236. The molecule has 4 rings (SSSR count). The van der Waals surface area contributed by atoms with Crippen molar-refractivity contribution in [2.24, 2.45) is 0 Å². The summed E-state index contributed by atoms with van der Waals surface area (Å²) in [6.45, 7) is 14.6. The Bertz CT molecular complexity index is 1080. The van der Waals surface area contributed by atoms with Crippen molar-refractivity contribution in [1.82, 2.24) is 15.0 Å². The monoisotopic (exact) mass is 481 g/mol. The highest BCUT2D eigenvalue weighted by Crippen LogP contribution is 2.12. The van der Waals surface area contributed by atoms with Crippen LogP contribution in [0.3, 0.4) is 0 Å². The molecule has 0 saturated carbocycles. The summed E-state index contributed by atoms with van der Waals surface area (Å²) in [5.41, 5.74) is 5.78. The molecule has 2 heterocycles. The third-order valence-corrected chi connectivity index (χ3v) is 4.72. The van der Waals surface area contributed by atoms with Crippen LogP contribution < -0.4 is 0 Å². The Morgan fingerprint density at radius 3 is 1.37 bits per heavy atom. The normalized spacial score (nSPS) is 9.57. The Hall–Kier alpha value is -3.54. The molecule has 0 bridgehead atoms. The van der Waals surface area contributed by atoms with Crippen LogP contribution in [0, 0.1) is 72.8 Å². The molecule has 0 amide bonds. The second kappa shape index (κ2) is 14.7. The van der Waals surface area contributed by atoms with E-state index in [1.165, 1.54) is 30.7 Å². The maximum absolute atomic E-state index is 12.6. The molecular formula is C29H34F3N3. The molecule has 3 nitrogen and oxygen atoms in total. The average Bonchev–Trinajstić information content (AvgIpc) is 2.80. The molecule has 0 aliphatic carbocycles. The van der Waals surface area contributed by atoms with Gasteiger partial charge in [-0.3, -0.25) is 4.98 Å². The molecule has 4 aromatic rings. The minimum absolute atomic E-state index is 0.0885. The van der Waals surface area contributed by atoms with Gasteiger partial charge >= 0.3 is 0 Å². The zero-order valence-corrected chi connectivity index (χ0v) is 21.7. The molecule has 0 N–H and O–H groups in total. The fourth-order valence-electron chi connectivity index (χ4n) is 2.47. The van der Waals surface area contributed by atoms with E-state index in [0.29, 0.717) is 11.1 Å². The lowest BCUT2D eigenvalue weighted by atomic mass is 10.1. The van der Waals surface area contributed by atoms with Gasteiger partial charge in [0.25, 0.3) is 0 Å². The number of halogens is 3. The van der Waals surface area contributed by atoms with E-state index in [9.17, 15) is 13.2 Å². The molecule has 0 saturated heterocycles. The number of pyridine rings is 1. The van der Waals surface area contributed by atoms with E-state index in [4.69, 9.17) is 0 Å². The molecule has 0 radical (unpaired) electrons. The van der Waals surface area contributed by atoms with E-state index in [2.05, 4.69) is 21.0 Å². The Morgan fingerprint density at radius 1 is 0.486 bits per heavy atom. The molecule has 0 aliphatic rings. The van der Waals surface area contributed by atoms with Crippen LogP contribution in [0.5, 0.6) is 0 Å². The van der Waals surface area contributed by atoms with Crippen LogP contribution in [0.15, 0.2) is 61.1 Å². The quantitative estimate of drug-likeness (QED) is 0.257. The fourth-order valence-corrected chi connectivity index (χ4v) is 2.47. The van der Waals surface area contributed by atoms with Crippen molar-refractivity contribution < 1.29 is 13.2 Å². The average molecular weight is 482 g/mol. The minimum Gasteiger partial charge on any atom is -0.261 e. The molecule has 2 aromatic carbocycles. The van der Waals surface area contributed by atoms with Crippen LogP contribution in [0.4, 0.5) is 13.2 Å². The standard InChI is InChI=1S/C8H8F2.C8H9F.C7H9N.C6H8N2/c1-5-3-7(9)6(2)8(10)4-5;1-6-3-4-7(2)8(9)5-6;1-6-3-4-7(2)8-5-6;1-5-3-7-6(2)8-4-5/h3-4H,1-2H3;3-5H,1-2H3;3-5H,1-2H3;3-4H,1-2H3. The SMILES string of the molecule is Cc1cc(F)c(C)c(F)c1.Cc1ccc(C)c(F)c1.Cc1ccc(C)nc1.Cc1cnc(C)nc1. The van der Waals surface area contributed by atoms with E-state index in [-0.39, 0.29) is 11.4 Å². The molecule has 6 heteroatoms. The Morgan fingerprint density at radius 2 is 0.971 bits per heavy atom. The van der Waals surface area contributed by atoms with Gasteiger partial charge in [0, 0.05) is 29.8 Å². The number of benzene rings is 2. The summed E-state index contributed by atoms with van der Waals surface area (Å²) in [6, 6.07) is 11.9. The molecule has 0 spiro atoms. The Labute approximate surface area is 207 Å². The third kappa shape index (κ3) is 11.9. The summed E-state index contributed by atoms with van der Waals surface area (Å²) in [5, 5.41) is 0. The largest absolute Gasteiger partial charge is 0.261 e. The van der Waals surface area contributed by atoms with Gasteiger partial charge in [0.15, 0.2) is 0 Å². The molecular weight excluding hydrogens is 447 g/mol. The number of aromatic nitrogens is 3. The van der Waals surface area contributed by atoms with E-state index in [1.807, 2.05) is 65.3 Å². The predicted molar refractivity (Wildman–Crippen MR) is 137 cm³/mol. The first kappa shape index (κ1) is 29.5. The van der Waals surface area contributed by atoms with Crippen LogP contribution in [-0.4, -0.2) is 15.0 Å². The molecule has 0 unspecified atom stereocenters. The van der Waals surface area contributed by atoms with Gasteiger partial charge in [0.2, 0.25) is 0 Å². The van der Waals surface area contributed by atoms with Gasteiger partial charge in [-0.25, -0.2) is 23.1 Å². The lowest BCUT2D eigenvalue weighted by Crippen LogP contribution is -1.88. The Balaban J connectivity index is 0.000000234. The van der Waals surface area contributed by atoms with Gasteiger partial charge < -0.3 is 0 Å². The van der Waals surface area contributed by atoms with Crippen molar-refractivity contribution in [3.63, 3.8) is 0 Å². The molecule has 35 heavy (non-hydrogen) atoms. The van der Waals surface area contributed by atoms with Gasteiger partial charge in [-0.05, 0) is 107 Å². The van der Waals surface area contributed by atoms with E-state index in [0.717, 1.165) is 22.6 Å². The highest BCUT2D eigenvalue weighted by atomic mass is 19.1. The van der Waals surface area contributed by atoms with Crippen molar-refractivity contribution in [3.8, 4) is 0 Å². The van der Waals surface area contributed by atoms with Gasteiger partial charge in [0.1, 0.15) is 23.3 Å². The zero-order chi connectivity index (χ0) is 26.5. The summed E-state index contributed by atoms with van der Waals surface area (Å²) in [4.78, 5) is 12.0. The molecule has 2 aromatic heterocycles. The lowest BCUT2D eigenvalue weighted by molar-refractivity contribution is 0.566. The summed E-state index contributed by atoms with van der Waals surface area (Å²) >= 11 is 0. The lowest BCUT2D eigenvalue weighted by Gasteiger charge is -1.98. The summed E-state index contributed by atoms with van der Waals surface area (Å²) < 4.78 is 37.8. The third-order valence-electron chi connectivity index (χ3n) is 4.72. The fraction of sp³-hybridized carbons (Fsp3) is 0.276. The van der Waals surface area contributed by atoms with Crippen LogP contribution in [0.1, 0.15) is 44.9 Å². The number of hydrogen-bond acceptors (Lipinski definition) is 3. The van der Waals surface area contributed by atoms with Crippen LogP contribution in [0.25, 0.3) is 0 Å². The van der Waals surface area contributed by atoms with Crippen molar-refractivity contribution in [2.75, 3.05) is 0 Å². The summed E-state index contributed by atoms with van der Waals surface area (Å²) in [6.07, 6.45) is 5.49. The number of nitrogens with zero attached hydrogens (tertiary/aromatic N) is 3. The number of rotatable bonds is 0. The maximum atomic E-state index is 12.6. The maximum Gasteiger partial charge on any atom is 0.129 e. The summed E-state index contributed by atoms with van der Waals surface area (Å²) in [7, 11) is 0. The zero-order valence-electron chi connectivity index (χ0n) is 21.7. The van der Waals surface area contributed by atoms with Gasteiger partial charge in [-0.2, -0.15) is 0 Å². The van der Waals surface area contributed by atoms with Crippen molar-refractivity contribution >= 4 is 0 Å². The van der Waals surface area contributed by atoms with Gasteiger partial charge in [-0.15, -0.1) is 0 Å². The molecule has 0 fully saturated rings. The van der Waals surface area contributed by atoms with E-state index < -0.39 is 11.6 Å². The van der Waals surface area contributed by atoms with Crippen molar-refractivity contribution in [2.45, 2.75) is 55.4 Å². The highest BCUT2D eigenvalue weighted by Gasteiger charge is 2.03. The molecule has 0 atom stereocenters. The number of hydrogen-bond donors (Lipinski definition) is 0. The van der Waals surface area contributed by atoms with Crippen molar-refractivity contribution in [3.05, 3.63) is 123 Å². The van der Waals surface area contributed by atoms with Crippen LogP contribution in [-0.2, 0) is 0 Å².